The number of ether oxygens (including phenoxy) is 1. The summed E-state index contributed by atoms with van der Waals surface area (Å²) < 4.78 is 5.81. The highest BCUT2D eigenvalue weighted by molar-refractivity contribution is 5.78. The minimum atomic E-state index is -0.825. The second kappa shape index (κ2) is 47.8. The van der Waals surface area contributed by atoms with Gasteiger partial charge in [0.05, 0.1) is 25.2 Å². The molecule has 0 aliphatic carbocycles. The van der Waals surface area contributed by atoms with Crippen LogP contribution in [0, 0.1) is 0 Å². The van der Waals surface area contributed by atoms with E-state index < -0.39 is 18.2 Å². The number of carbonyl (C=O) groups is 2. The molecule has 0 aliphatic heterocycles. The number of allylic oxidation sites excluding steroid dienone is 15. The minimum Gasteiger partial charge on any atom is -0.458 e. The fourth-order valence-electron chi connectivity index (χ4n) is 6.87. The van der Waals surface area contributed by atoms with E-state index in [1.807, 2.05) is 6.08 Å². The molecule has 0 fully saturated rings. The van der Waals surface area contributed by atoms with Crippen molar-refractivity contribution in [2.45, 2.75) is 232 Å². The van der Waals surface area contributed by atoms with Crippen molar-refractivity contribution in [1.29, 1.82) is 0 Å². The third-order valence-electron chi connectivity index (χ3n) is 10.6. The van der Waals surface area contributed by atoms with Gasteiger partial charge in [0, 0.05) is 6.42 Å². The van der Waals surface area contributed by atoms with Crippen molar-refractivity contribution in [3.8, 4) is 0 Å². The molecule has 0 saturated carbocycles. The molecule has 61 heavy (non-hydrogen) atoms. The second-order valence-corrected chi connectivity index (χ2v) is 16.5. The second-order valence-electron chi connectivity index (χ2n) is 16.5. The monoisotopic (exact) mass is 848 g/mol. The van der Waals surface area contributed by atoms with E-state index in [9.17, 15) is 19.8 Å². The molecule has 3 N–H and O–H groups in total. The normalized spacial score (nSPS) is 14.1. The number of hydrogen-bond acceptors (Lipinski definition) is 5. The molecule has 3 atom stereocenters. The Morgan fingerprint density at radius 3 is 1.43 bits per heavy atom. The SMILES string of the molecule is CC/C=C/C/C=C/C/C=C/C/C=C/C/C=C/C(CC(=O)NC(CO)C(O)CCCCCCCCCCC)OC(=O)CCCCCCCC/C=C\C/C=C\C/C=C\CCCCC. The molecular formula is C55H93NO5. The summed E-state index contributed by atoms with van der Waals surface area (Å²) in [6, 6.07) is -0.748. The van der Waals surface area contributed by atoms with E-state index in [0.717, 1.165) is 89.9 Å². The van der Waals surface area contributed by atoms with E-state index in [-0.39, 0.29) is 24.9 Å². The quantitative estimate of drug-likeness (QED) is 0.0323. The molecule has 6 heteroatoms. The van der Waals surface area contributed by atoms with Crippen molar-refractivity contribution in [2.24, 2.45) is 0 Å². The number of esters is 1. The molecule has 0 aromatic heterocycles. The Morgan fingerprint density at radius 2 is 0.918 bits per heavy atom. The Balaban J connectivity index is 4.73. The van der Waals surface area contributed by atoms with Gasteiger partial charge in [-0.1, -0.05) is 208 Å². The number of nitrogens with one attached hydrogen (secondary N) is 1. The van der Waals surface area contributed by atoms with Gasteiger partial charge in [-0.3, -0.25) is 9.59 Å². The van der Waals surface area contributed by atoms with E-state index >= 15 is 0 Å². The maximum atomic E-state index is 13.1. The van der Waals surface area contributed by atoms with Crippen molar-refractivity contribution in [2.75, 3.05) is 6.61 Å². The molecule has 0 spiro atoms. The van der Waals surface area contributed by atoms with Crippen LogP contribution in [0.4, 0.5) is 0 Å². The first-order valence-electron chi connectivity index (χ1n) is 25.0. The van der Waals surface area contributed by atoms with Crippen LogP contribution in [0.3, 0.4) is 0 Å². The van der Waals surface area contributed by atoms with Gasteiger partial charge in [-0.2, -0.15) is 0 Å². The molecule has 3 unspecified atom stereocenters. The van der Waals surface area contributed by atoms with E-state index in [1.165, 1.54) is 77.0 Å². The van der Waals surface area contributed by atoms with Crippen LogP contribution in [-0.4, -0.2) is 46.9 Å². The number of hydrogen-bond donors (Lipinski definition) is 3. The number of carbonyl (C=O) groups excluding carboxylic acids is 2. The zero-order valence-electron chi connectivity index (χ0n) is 39.5. The van der Waals surface area contributed by atoms with E-state index in [0.29, 0.717) is 19.3 Å². The molecule has 6 nitrogen and oxygen atoms in total. The first kappa shape index (κ1) is 57.8. The summed E-state index contributed by atoms with van der Waals surface area (Å²) >= 11 is 0. The standard InChI is InChI=1S/C55H93NO5/c1-4-7-10-13-16-19-21-23-25-26-27-28-29-31-33-36-39-42-45-48-55(60)61-51(46-43-40-37-35-32-30-24-22-20-17-14-11-8-5-2)49-54(59)56-52(50-57)53(58)47-44-41-38-34-18-15-12-9-6-3/h8,11,16-17,19-20,23-25,27-28,30,35,37,43,46,51-53,57-58H,4-7,9-10,12-15,18,21-22,26,29,31-34,36,38-42,44-45,47-50H2,1-3H3,(H,56,59)/b11-8+,19-16-,20-17+,25-23-,28-27-,30-24+,37-35+,46-43+. The summed E-state index contributed by atoms with van der Waals surface area (Å²) in [5, 5.41) is 23.6. The molecule has 348 valence electrons. The van der Waals surface area contributed by atoms with Crippen LogP contribution >= 0.6 is 0 Å². The van der Waals surface area contributed by atoms with Gasteiger partial charge in [0.1, 0.15) is 6.10 Å². The van der Waals surface area contributed by atoms with Crippen molar-refractivity contribution in [3.05, 3.63) is 97.2 Å². The summed E-state index contributed by atoms with van der Waals surface area (Å²) in [4.78, 5) is 26.0. The van der Waals surface area contributed by atoms with Crippen LogP contribution in [-0.2, 0) is 14.3 Å². The topological polar surface area (TPSA) is 95.9 Å². The Labute approximate surface area is 376 Å². The lowest BCUT2D eigenvalue weighted by atomic mass is 10.0. The van der Waals surface area contributed by atoms with Crippen LogP contribution in [0.1, 0.15) is 213 Å². The first-order valence-corrected chi connectivity index (χ1v) is 25.0. The summed E-state index contributed by atoms with van der Waals surface area (Å²) in [5.74, 6) is -0.652. The predicted octanol–water partition coefficient (Wildman–Crippen LogP) is 14.9. The van der Waals surface area contributed by atoms with Crippen LogP contribution in [0.5, 0.6) is 0 Å². The van der Waals surface area contributed by atoms with Crippen molar-refractivity contribution in [3.63, 3.8) is 0 Å². The van der Waals surface area contributed by atoms with E-state index in [1.54, 1.807) is 6.08 Å². The largest absolute Gasteiger partial charge is 0.458 e. The number of aliphatic hydroxyl groups is 2. The average molecular weight is 848 g/mol. The molecule has 0 heterocycles. The fourth-order valence-corrected chi connectivity index (χ4v) is 6.87. The van der Waals surface area contributed by atoms with Crippen molar-refractivity contribution in [1.82, 2.24) is 5.32 Å². The van der Waals surface area contributed by atoms with Crippen LogP contribution in [0.25, 0.3) is 0 Å². The molecule has 0 bridgehead atoms. The maximum absolute atomic E-state index is 13.1. The highest BCUT2D eigenvalue weighted by Crippen LogP contribution is 2.15. The molecule has 1 amide bonds. The molecular weight excluding hydrogens is 755 g/mol. The van der Waals surface area contributed by atoms with E-state index in [4.69, 9.17) is 4.74 Å². The van der Waals surface area contributed by atoms with Gasteiger partial charge in [0.15, 0.2) is 0 Å². The number of unbranched alkanes of at least 4 members (excludes halogenated alkanes) is 17. The smallest absolute Gasteiger partial charge is 0.306 e. The predicted molar refractivity (Wildman–Crippen MR) is 264 cm³/mol. The summed E-state index contributed by atoms with van der Waals surface area (Å²) in [5.41, 5.74) is 0. The zero-order valence-corrected chi connectivity index (χ0v) is 39.5. The lowest BCUT2D eigenvalue weighted by Gasteiger charge is -2.23. The molecule has 0 aliphatic rings. The lowest BCUT2D eigenvalue weighted by Crippen LogP contribution is -2.46. The van der Waals surface area contributed by atoms with Gasteiger partial charge in [-0.05, 0) is 89.5 Å². The first-order chi connectivity index (χ1) is 30.0. The Morgan fingerprint density at radius 1 is 0.508 bits per heavy atom. The number of rotatable bonds is 43. The van der Waals surface area contributed by atoms with Crippen LogP contribution < -0.4 is 5.32 Å². The maximum Gasteiger partial charge on any atom is 0.306 e. The minimum absolute atomic E-state index is 0.0566. The summed E-state index contributed by atoms with van der Waals surface area (Å²) in [6.07, 6.45) is 63.6. The van der Waals surface area contributed by atoms with Gasteiger partial charge in [-0.15, -0.1) is 0 Å². The van der Waals surface area contributed by atoms with E-state index in [2.05, 4.69) is 111 Å². The van der Waals surface area contributed by atoms with Gasteiger partial charge >= 0.3 is 5.97 Å². The molecule has 0 radical (unpaired) electrons. The Kier molecular flexibility index (Phi) is 45.3. The zero-order chi connectivity index (χ0) is 44.5. The Bertz CT molecular complexity index is 1220. The molecule has 0 aromatic rings. The summed E-state index contributed by atoms with van der Waals surface area (Å²) in [7, 11) is 0. The average Bonchev–Trinajstić information content (AvgIpc) is 3.25. The fraction of sp³-hybridized carbons (Fsp3) is 0.673. The molecule has 0 rings (SSSR count). The number of amides is 1. The third kappa shape index (κ3) is 43.2. The van der Waals surface area contributed by atoms with Gasteiger partial charge in [0.25, 0.3) is 0 Å². The highest BCUT2D eigenvalue weighted by Gasteiger charge is 2.23. The van der Waals surface area contributed by atoms with Crippen molar-refractivity contribution < 1.29 is 24.5 Å². The highest BCUT2D eigenvalue weighted by atomic mass is 16.5. The van der Waals surface area contributed by atoms with Gasteiger partial charge in [-0.25, -0.2) is 0 Å². The Hall–Kier alpha value is -3.22. The number of aliphatic hydroxyl groups excluding tert-OH is 2. The van der Waals surface area contributed by atoms with Gasteiger partial charge in [0.2, 0.25) is 5.91 Å². The molecule has 0 aromatic carbocycles. The lowest BCUT2D eigenvalue weighted by molar-refractivity contribution is -0.148. The van der Waals surface area contributed by atoms with Crippen LogP contribution in [0.15, 0.2) is 97.2 Å². The summed E-state index contributed by atoms with van der Waals surface area (Å²) in [6.45, 7) is 6.27. The van der Waals surface area contributed by atoms with Gasteiger partial charge < -0.3 is 20.3 Å². The van der Waals surface area contributed by atoms with Crippen LogP contribution in [0.2, 0.25) is 0 Å². The third-order valence-corrected chi connectivity index (χ3v) is 10.6. The van der Waals surface area contributed by atoms with Crippen molar-refractivity contribution >= 4 is 11.9 Å². The molecule has 0 saturated heterocycles.